The number of unbranched alkanes of at least 4 members (excludes halogenated alkanes) is 16. The molecule has 0 heterocycles. The molecule has 0 aliphatic carbocycles. The van der Waals surface area contributed by atoms with Gasteiger partial charge in [-0.1, -0.05) is 140 Å². The Morgan fingerprint density at radius 3 is 1.80 bits per heavy atom. The van der Waals surface area contributed by atoms with E-state index in [9.17, 15) is 19.4 Å². The van der Waals surface area contributed by atoms with Crippen molar-refractivity contribution in [1.29, 1.82) is 0 Å². The lowest BCUT2D eigenvalue weighted by molar-refractivity contribution is -0.870. The van der Waals surface area contributed by atoms with Crippen LogP contribution in [0.5, 0.6) is 0 Å². The molecule has 0 aromatic carbocycles. The van der Waals surface area contributed by atoms with Crippen molar-refractivity contribution in [2.45, 2.75) is 167 Å². The molecule has 0 spiro atoms. The number of aliphatic hydroxyl groups is 1. The summed E-state index contributed by atoms with van der Waals surface area (Å²) in [6.07, 6.45) is 40.1. The first-order chi connectivity index (χ1) is 24.0. The highest BCUT2D eigenvalue weighted by atomic mass is 31.2. The minimum absolute atomic E-state index is 0.0108. The second kappa shape index (κ2) is 33.3. The van der Waals surface area contributed by atoms with Crippen LogP contribution in [0, 0.1) is 0 Å². The van der Waals surface area contributed by atoms with Crippen LogP contribution in [0.1, 0.15) is 155 Å². The Balaban J connectivity index is 4.60. The van der Waals surface area contributed by atoms with Gasteiger partial charge in [0.05, 0.1) is 39.9 Å². The first-order valence-corrected chi connectivity index (χ1v) is 21.5. The summed E-state index contributed by atoms with van der Waals surface area (Å²) in [6.45, 7) is 4.54. The number of hydrogen-bond donors (Lipinski definition) is 2. The second-order valence-corrected chi connectivity index (χ2v) is 16.0. The quantitative estimate of drug-likeness (QED) is 0.0292. The summed E-state index contributed by atoms with van der Waals surface area (Å²) in [5.41, 5.74) is 0. The van der Waals surface area contributed by atoms with Gasteiger partial charge in [0.1, 0.15) is 13.2 Å². The number of nitrogens with one attached hydrogen (secondary N) is 1. The predicted molar refractivity (Wildman–Crippen MR) is 210 cm³/mol. The van der Waals surface area contributed by atoms with Crippen LogP contribution in [0.4, 0.5) is 0 Å². The highest BCUT2D eigenvalue weighted by Gasteiger charge is 2.23. The first-order valence-electron chi connectivity index (χ1n) is 20.0. The standard InChI is InChI=1S/C41H77N2O6P/c1-6-8-10-12-14-16-18-20-22-24-26-28-30-32-34-40(44)39(38-49-50(46,47)48-37-36-43(3,4)5)42-41(45)35-33-31-29-27-25-23-21-19-17-15-13-11-9-7-2/h13,15,19,21,24,26,32,34,39-40,44H,6-12,14,16-18,20,22-23,25,27-31,33,35-38H2,1-5H3,(H-,42,45,46,47)/b15-13-,21-19-,26-24+,34-32+. The maximum atomic E-state index is 12.8. The average Bonchev–Trinajstić information content (AvgIpc) is 3.06. The van der Waals surface area contributed by atoms with Crippen molar-refractivity contribution < 1.29 is 32.9 Å². The van der Waals surface area contributed by atoms with Crippen molar-refractivity contribution >= 4 is 13.7 Å². The van der Waals surface area contributed by atoms with E-state index >= 15 is 0 Å². The fourth-order valence-corrected chi connectivity index (χ4v) is 5.96. The van der Waals surface area contributed by atoms with Gasteiger partial charge in [-0.3, -0.25) is 9.36 Å². The van der Waals surface area contributed by atoms with Crippen LogP contribution in [0.25, 0.3) is 0 Å². The van der Waals surface area contributed by atoms with Crippen molar-refractivity contribution in [1.82, 2.24) is 5.32 Å². The van der Waals surface area contributed by atoms with Gasteiger partial charge >= 0.3 is 0 Å². The van der Waals surface area contributed by atoms with Crippen molar-refractivity contribution in [2.24, 2.45) is 0 Å². The number of amides is 1. The Morgan fingerprint density at radius 1 is 0.700 bits per heavy atom. The SMILES string of the molecule is CCCC/C=C\C/C=C\CCCCCCCC(=O)NC(COP(=O)([O-])OCC[N+](C)(C)C)C(O)/C=C/CC/C=C/CCCCCCCCCC. The summed E-state index contributed by atoms with van der Waals surface area (Å²) in [5, 5.41) is 13.7. The molecule has 0 aromatic rings. The molecule has 0 saturated carbocycles. The molecule has 2 N–H and O–H groups in total. The molecule has 9 heteroatoms. The molecule has 0 radical (unpaired) electrons. The maximum Gasteiger partial charge on any atom is 0.268 e. The third-order valence-corrected chi connectivity index (χ3v) is 9.48. The summed E-state index contributed by atoms with van der Waals surface area (Å²) in [5.74, 6) is -0.225. The summed E-state index contributed by atoms with van der Waals surface area (Å²) in [7, 11) is 1.22. The van der Waals surface area contributed by atoms with Crippen LogP contribution in [0.15, 0.2) is 48.6 Å². The normalized spacial score (nSPS) is 15.1. The molecule has 0 fully saturated rings. The van der Waals surface area contributed by atoms with Crippen molar-refractivity contribution in [3.63, 3.8) is 0 Å². The highest BCUT2D eigenvalue weighted by molar-refractivity contribution is 7.45. The van der Waals surface area contributed by atoms with E-state index in [0.717, 1.165) is 64.2 Å². The highest BCUT2D eigenvalue weighted by Crippen LogP contribution is 2.38. The molecule has 0 rings (SSSR count). The van der Waals surface area contributed by atoms with E-state index in [1.165, 1.54) is 70.6 Å². The summed E-state index contributed by atoms with van der Waals surface area (Å²) in [6, 6.07) is -0.909. The van der Waals surface area contributed by atoms with Crippen molar-refractivity contribution in [3.05, 3.63) is 48.6 Å². The van der Waals surface area contributed by atoms with Crippen LogP contribution < -0.4 is 10.2 Å². The van der Waals surface area contributed by atoms with Gasteiger partial charge < -0.3 is 28.8 Å². The van der Waals surface area contributed by atoms with Crippen LogP contribution in [0.2, 0.25) is 0 Å². The van der Waals surface area contributed by atoms with Gasteiger partial charge in [0, 0.05) is 6.42 Å². The molecular weight excluding hydrogens is 647 g/mol. The number of carbonyl (C=O) groups is 1. The number of likely N-dealkylation sites (N-methyl/N-ethyl adjacent to an activating group) is 1. The number of quaternary nitrogens is 1. The Bertz CT molecular complexity index is 959. The van der Waals surface area contributed by atoms with Crippen LogP contribution in [-0.2, 0) is 18.4 Å². The lowest BCUT2D eigenvalue weighted by Crippen LogP contribution is -2.45. The number of rotatable bonds is 35. The Kier molecular flexibility index (Phi) is 32.3. The van der Waals surface area contributed by atoms with E-state index in [2.05, 4.69) is 55.6 Å². The van der Waals surface area contributed by atoms with E-state index < -0.39 is 26.6 Å². The Labute approximate surface area is 308 Å². The Hall–Kier alpha value is -1.54. The third kappa shape index (κ3) is 34.9. The average molecular weight is 725 g/mol. The van der Waals surface area contributed by atoms with Gasteiger partial charge in [0.2, 0.25) is 5.91 Å². The molecule has 3 unspecified atom stereocenters. The summed E-state index contributed by atoms with van der Waals surface area (Å²) in [4.78, 5) is 25.2. The van der Waals surface area contributed by atoms with E-state index in [1.807, 2.05) is 27.2 Å². The van der Waals surface area contributed by atoms with Crippen LogP contribution in [0.3, 0.4) is 0 Å². The van der Waals surface area contributed by atoms with Gasteiger partial charge in [-0.25, -0.2) is 0 Å². The molecule has 0 bridgehead atoms. The molecule has 8 nitrogen and oxygen atoms in total. The predicted octanol–water partition coefficient (Wildman–Crippen LogP) is 9.89. The van der Waals surface area contributed by atoms with Gasteiger partial charge in [-0.2, -0.15) is 0 Å². The Morgan fingerprint density at radius 2 is 1.20 bits per heavy atom. The van der Waals surface area contributed by atoms with Gasteiger partial charge in [-0.05, 0) is 57.8 Å². The topological polar surface area (TPSA) is 108 Å². The first kappa shape index (κ1) is 48.5. The number of nitrogens with zero attached hydrogens (tertiary/aromatic N) is 1. The van der Waals surface area contributed by atoms with Crippen molar-refractivity contribution in [3.8, 4) is 0 Å². The zero-order valence-corrected chi connectivity index (χ0v) is 33.7. The van der Waals surface area contributed by atoms with E-state index in [0.29, 0.717) is 17.4 Å². The molecule has 0 saturated heterocycles. The van der Waals surface area contributed by atoms with E-state index in [4.69, 9.17) is 9.05 Å². The number of allylic oxidation sites excluding steroid dienone is 7. The number of hydrogen-bond acceptors (Lipinski definition) is 6. The van der Waals surface area contributed by atoms with Crippen LogP contribution in [-0.4, -0.2) is 68.5 Å². The molecular formula is C41H77N2O6P. The minimum Gasteiger partial charge on any atom is -0.756 e. The summed E-state index contributed by atoms with van der Waals surface area (Å²) < 4.78 is 23.1. The van der Waals surface area contributed by atoms with E-state index in [-0.39, 0.29) is 12.5 Å². The zero-order valence-electron chi connectivity index (χ0n) is 32.8. The fourth-order valence-electron chi connectivity index (χ4n) is 5.24. The lowest BCUT2D eigenvalue weighted by Gasteiger charge is -2.29. The number of phosphoric ester groups is 1. The van der Waals surface area contributed by atoms with Crippen LogP contribution >= 0.6 is 7.82 Å². The molecule has 3 atom stereocenters. The van der Waals surface area contributed by atoms with Gasteiger partial charge in [0.15, 0.2) is 0 Å². The van der Waals surface area contributed by atoms with Gasteiger partial charge in [-0.15, -0.1) is 0 Å². The maximum absolute atomic E-state index is 12.8. The molecule has 292 valence electrons. The fraction of sp³-hybridized carbons (Fsp3) is 0.780. The smallest absolute Gasteiger partial charge is 0.268 e. The largest absolute Gasteiger partial charge is 0.756 e. The number of carbonyl (C=O) groups excluding carboxylic acids is 1. The molecule has 0 aliphatic rings. The second-order valence-electron chi connectivity index (χ2n) is 14.6. The summed E-state index contributed by atoms with van der Waals surface area (Å²) >= 11 is 0. The minimum atomic E-state index is -4.59. The number of aliphatic hydroxyl groups excluding tert-OH is 1. The molecule has 0 aromatic heterocycles. The third-order valence-electron chi connectivity index (χ3n) is 8.51. The lowest BCUT2D eigenvalue weighted by atomic mass is 10.1. The van der Waals surface area contributed by atoms with E-state index in [1.54, 1.807) is 6.08 Å². The van der Waals surface area contributed by atoms with Crippen molar-refractivity contribution in [2.75, 3.05) is 40.9 Å². The molecule has 50 heavy (non-hydrogen) atoms. The zero-order chi connectivity index (χ0) is 37.2. The monoisotopic (exact) mass is 725 g/mol. The molecule has 0 aliphatic heterocycles. The van der Waals surface area contributed by atoms with Gasteiger partial charge in [0.25, 0.3) is 7.82 Å². The molecule has 1 amide bonds. The number of phosphoric acid groups is 1.